The Morgan fingerprint density at radius 1 is 1.37 bits per heavy atom. The monoisotopic (exact) mass is 324 g/mol. The van der Waals surface area contributed by atoms with E-state index in [1.54, 1.807) is 6.92 Å². The van der Waals surface area contributed by atoms with Crippen LogP contribution in [0.3, 0.4) is 0 Å². The number of carbonyl (C=O) groups excluding carboxylic acids is 1. The molecule has 4 heteroatoms. The fourth-order valence-electron chi connectivity index (χ4n) is 2.68. The Kier molecular flexibility index (Phi) is 4.63. The van der Waals surface area contributed by atoms with Crippen molar-refractivity contribution in [1.82, 2.24) is 4.90 Å². The summed E-state index contributed by atoms with van der Waals surface area (Å²) in [5.74, 6) is 0.121. The molecule has 104 valence electrons. The Morgan fingerprint density at radius 2 is 2.00 bits per heavy atom. The predicted octanol–water partition coefficient (Wildman–Crippen LogP) is 3.18. The quantitative estimate of drug-likeness (QED) is 0.798. The van der Waals surface area contributed by atoms with Crippen molar-refractivity contribution in [2.45, 2.75) is 25.8 Å². The van der Waals surface area contributed by atoms with E-state index in [0.29, 0.717) is 6.04 Å². The summed E-state index contributed by atoms with van der Waals surface area (Å²) in [6.07, 6.45) is 2.31. The summed E-state index contributed by atoms with van der Waals surface area (Å²) in [7, 11) is 4.27. The molecule has 1 saturated heterocycles. The van der Waals surface area contributed by atoms with E-state index in [1.165, 1.54) is 0 Å². The molecule has 1 aromatic carbocycles. The number of nitrogens with zero attached hydrogens (tertiary/aromatic N) is 2. The van der Waals surface area contributed by atoms with Crippen LogP contribution in [0.2, 0.25) is 0 Å². The van der Waals surface area contributed by atoms with Crippen molar-refractivity contribution >= 4 is 27.4 Å². The highest BCUT2D eigenvalue weighted by Crippen LogP contribution is 2.28. The molecular formula is C15H21BrN2O. The van der Waals surface area contributed by atoms with Gasteiger partial charge in [0.2, 0.25) is 0 Å². The molecule has 1 aliphatic rings. The van der Waals surface area contributed by atoms with E-state index in [1.807, 2.05) is 18.2 Å². The van der Waals surface area contributed by atoms with Gasteiger partial charge in [-0.05, 0) is 58.1 Å². The molecule has 0 atom stereocenters. The first kappa shape index (κ1) is 14.5. The molecule has 3 nitrogen and oxygen atoms in total. The summed E-state index contributed by atoms with van der Waals surface area (Å²) >= 11 is 3.44. The maximum atomic E-state index is 11.8. The van der Waals surface area contributed by atoms with Crippen molar-refractivity contribution in [2.24, 2.45) is 0 Å². The molecule has 0 radical (unpaired) electrons. The number of Topliss-reactive ketones (excluding diaryl/α,β-unsaturated/α-hetero) is 1. The minimum absolute atomic E-state index is 0.121. The lowest BCUT2D eigenvalue weighted by molar-refractivity contribution is 0.101. The number of carbonyl (C=O) groups is 1. The lowest BCUT2D eigenvalue weighted by atomic mass is 10.0. The summed E-state index contributed by atoms with van der Waals surface area (Å²) in [6, 6.07) is 6.49. The summed E-state index contributed by atoms with van der Waals surface area (Å²) in [4.78, 5) is 16.4. The zero-order valence-electron chi connectivity index (χ0n) is 11.8. The van der Waals surface area contributed by atoms with Gasteiger partial charge in [-0.2, -0.15) is 0 Å². The van der Waals surface area contributed by atoms with Gasteiger partial charge in [0.05, 0.1) is 0 Å². The SMILES string of the molecule is CC(=O)c1cc(Br)ccc1N(C)C1CCN(C)CC1. The van der Waals surface area contributed by atoms with Gasteiger partial charge in [0, 0.05) is 28.8 Å². The lowest BCUT2D eigenvalue weighted by Crippen LogP contribution is -2.42. The summed E-state index contributed by atoms with van der Waals surface area (Å²) in [5, 5.41) is 0. The van der Waals surface area contributed by atoms with E-state index in [0.717, 1.165) is 41.7 Å². The average molecular weight is 325 g/mol. The Morgan fingerprint density at radius 3 is 2.58 bits per heavy atom. The molecule has 2 rings (SSSR count). The van der Waals surface area contributed by atoms with E-state index < -0.39 is 0 Å². The number of anilines is 1. The van der Waals surface area contributed by atoms with Gasteiger partial charge >= 0.3 is 0 Å². The van der Waals surface area contributed by atoms with Crippen LogP contribution in [0.5, 0.6) is 0 Å². The second-order valence-corrected chi connectivity index (χ2v) is 6.28. The molecule has 1 aliphatic heterocycles. The van der Waals surface area contributed by atoms with Gasteiger partial charge in [-0.15, -0.1) is 0 Å². The zero-order valence-corrected chi connectivity index (χ0v) is 13.4. The molecule has 0 saturated carbocycles. The maximum absolute atomic E-state index is 11.8. The van der Waals surface area contributed by atoms with Crippen LogP contribution < -0.4 is 4.90 Å². The number of ketones is 1. The summed E-state index contributed by atoms with van der Waals surface area (Å²) < 4.78 is 0.957. The number of benzene rings is 1. The van der Waals surface area contributed by atoms with Crippen LogP contribution in [0.15, 0.2) is 22.7 Å². The van der Waals surface area contributed by atoms with Gasteiger partial charge < -0.3 is 9.80 Å². The molecule has 19 heavy (non-hydrogen) atoms. The number of likely N-dealkylation sites (tertiary alicyclic amines) is 1. The smallest absolute Gasteiger partial charge is 0.161 e. The van der Waals surface area contributed by atoms with Gasteiger partial charge in [-0.25, -0.2) is 0 Å². The van der Waals surface area contributed by atoms with Crippen molar-refractivity contribution in [3.63, 3.8) is 0 Å². The van der Waals surface area contributed by atoms with Crippen LogP contribution in [0.1, 0.15) is 30.1 Å². The molecule has 0 bridgehead atoms. The van der Waals surface area contributed by atoms with Crippen molar-refractivity contribution in [3.05, 3.63) is 28.2 Å². The molecule has 1 aromatic rings. The molecule has 0 N–H and O–H groups in total. The largest absolute Gasteiger partial charge is 0.371 e. The zero-order chi connectivity index (χ0) is 14.0. The Bertz CT molecular complexity index is 467. The number of hydrogen-bond acceptors (Lipinski definition) is 3. The summed E-state index contributed by atoms with van der Waals surface area (Å²) in [6.45, 7) is 3.88. The van der Waals surface area contributed by atoms with Gasteiger partial charge in [-0.1, -0.05) is 15.9 Å². The number of piperidine rings is 1. The fourth-order valence-corrected chi connectivity index (χ4v) is 3.04. The first-order chi connectivity index (χ1) is 8.99. The van der Waals surface area contributed by atoms with E-state index in [-0.39, 0.29) is 5.78 Å². The van der Waals surface area contributed by atoms with E-state index in [4.69, 9.17) is 0 Å². The first-order valence-electron chi connectivity index (χ1n) is 6.71. The molecule has 1 fully saturated rings. The molecule has 0 aromatic heterocycles. The topological polar surface area (TPSA) is 23.6 Å². The van der Waals surface area contributed by atoms with E-state index in [9.17, 15) is 4.79 Å². The normalized spacial score (nSPS) is 17.5. The van der Waals surface area contributed by atoms with Crippen molar-refractivity contribution < 1.29 is 4.79 Å². The molecule has 0 unspecified atom stereocenters. The van der Waals surface area contributed by atoms with Crippen LogP contribution in [0.25, 0.3) is 0 Å². The Hall–Kier alpha value is -0.870. The van der Waals surface area contributed by atoms with Crippen molar-refractivity contribution in [2.75, 3.05) is 32.1 Å². The second-order valence-electron chi connectivity index (χ2n) is 5.36. The van der Waals surface area contributed by atoms with Gasteiger partial charge in [0.15, 0.2) is 5.78 Å². The van der Waals surface area contributed by atoms with E-state index >= 15 is 0 Å². The van der Waals surface area contributed by atoms with E-state index in [2.05, 4.69) is 39.8 Å². The summed E-state index contributed by atoms with van der Waals surface area (Å²) in [5.41, 5.74) is 1.85. The third-order valence-corrected chi connectivity index (χ3v) is 4.45. The Labute approximate surface area is 123 Å². The third kappa shape index (κ3) is 3.37. The van der Waals surface area contributed by atoms with Crippen LogP contribution in [-0.2, 0) is 0 Å². The standard InChI is InChI=1S/C15H21BrN2O/c1-11(19)14-10-12(16)4-5-15(14)18(3)13-6-8-17(2)9-7-13/h4-5,10,13H,6-9H2,1-3H3. The van der Waals surface area contributed by atoms with Crippen molar-refractivity contribution in [3.8, 4) is 0 Å². The third-order valence-electron chi connectivity index (χ3n) is 3.95. The minimum Gasteiger partial charge on any atom is -0.371 e. The molecule has 1 heterocycles. The first-order valence-corrected chi connectivity index (χ1v) is 7.50. The average Bonchev–Trinajstić information content (AvgIpc) is 2.38. The van der Waals surface area contributed by atoms with Crippen molar-refractivity contribution in [1.29, 1.82) is 0 Å². The predicted molar refractivity (Wildman–Crippen MR) is 83.1 cm³/mol. The molecular weight excluding hydrogens is 304 g/mol. The van der Waals surface area contributed by atoms with Gasteiger partial charge in [-0.3, -0.25) is 4.79 Å². The molecule has 0 amide bonds. The number of halogens is 1. The van der Waals surface area contributed by atoms with Gasteiger partial charge in [0.25, 0.3) is 0 Å². The highest BCUT2D eigenvalue weighted by molar-refractivity contribution is 9.10. The highest BCUT2D eigenvalue weighted by atomic mass is 79.9. The van der Waals surface area contributed by atoms with Crippen LogP contribution in [-0.4, -0.2) is 43.9 Å². The number of hydrogen-bond donors (Lipinski definition) is 0. The van der Waals surface area contributed by atoms with Crippen LogP contribution >= 0.6 is 15.9 Å². The number of rotatable bonds is 3. The highest BCUT2D eigenvalue weighted by Gasteiger charge is 2.23. The maximum Gasteiger partial charge on any atom is 0.161 e. The molecule has 0 aliphatic carbocycles. The van der Waals surface area contributed by atoms with Gasteiger partial charge in [0.1, 0.15) is 0 Å². The lowest BCUT2D eigenvalue weighted by Gasteiger charge is -2.37. The second kappa shape index (κ2) is 6.06. The Balaban J connectivity index is 2.23. The minimum atomic E-state index is 0.121. The van der Waals surface area contributed by atoms with Crippen LogP contribution in [0, 0.1) is 0 Å². The molecule has 0 spiro atoms. The van der Waals surface area contributed by atoms with Crippen LogP contribution in [0.4, 0.5) is 5.69 Å². The fraction of sp³-hybridized carbons (Fsp3) is 0.533.